The zero-order valence-electron chi connectivity index (χ0n) is 17.7. The Balaban J connectivity index is 1.78. The number of aromatic nitrogens is 1. The number of amides is 1. The van der Waals surface area contributed by atoms with Crippen molar-refractivity contribution in [1.29, 1.82) is 0 Å². The second-order valence-electron chi connectivity index (χ2n) is 6.98. The first-order valence-electron chi connectivity index (χ1n) is 9.71. The molecule has 0 atom stereocenters. The van der Waals surface area contributed by atoms with Crippen LogP contribution in [0.25, 0.3) is 10.2 Å². The number of methoxy groups -OCH3 is 2. The molecule has 0 aliphatic heterocycles. The summed E-state index contributed by atoms with van der Waals surface area (Å²) in [7, 11) is 3.02. The second-order valence-corrected chi connectivity index (χ2v) is 7.99. The molecule has 6 nitrogen and oxygen atoms in total. The highest BCUT2D eigenvalue weighted by Gasteiger charge is 2.22. The molecule has 1 heterocycles. The molecule has 3 aromatic carbocycles. The Labute approximate surface area is 188 Å². The van der Waals surface area contributed by atoms with Crippen molar-refractivity contribution in [3.63, 3.8) is 0 Å². The van der Waals surface area contributed by atoms with Crippen LogP contribution in [0.5, 0.6) is 11.5 Å². The van der Waals surface area contributed by atoms with Gasteiger partial charge in [-0.05, 0) is 42.8 Å². The van der Waals surface area contributed by atoms with E-state index in [0.29, 0.717) is 32.4 Å². The Morgan fingerprint density at radius 2 is 1.72 bits per heavy atom. The van der Waals surface area contributed by atoms with Crippen LogP contribution in [0, 0.1) is 12.7 Å². The average molecular weight is 450 g/mol. The lowest BCUT2D eigenvalue weighted by Crippen LogP contribution is -2.25. The molecule has 1 aromatic heterocycles. The Hall–Kier alpha value is -3.78. The van der Waals surface area contributed by atoms with E-state index in [-0.39, 0.29) is 5.82 Å². The first-order chi connectivity index (χ1) is 15.5. The van der Waals surface area contributed by atoms with E-state index in [1.54, 1.807) is 30.5 Å². The van der Waals surface area contributed by atoms with Gasteiger partial charge in [0.1, 0.15) is 17.3 Å². The summed E-state index contributed by atoms with van der Waals surface area (Å²) < 4.78 is 24.9. The lowest BCUT2D eigenvalue weighted by Gasteiger charge is -2.15. The molecule has 0 spiro atoms. The summed E-state index contributed by atoms with van der Waals surface area (Å²) in [6.45, 7) is 1.99. The van der Waals surface area contributed by atoms with E-state index in [2.05, 4.69) is 10.1 Å². The molecular weight excluding hydrogens is 429 g/mol. The summed E-state index contributed by atoms with van der Waals surface area (Å²) in [5.41, 5.74) is 2.83. The molecule has 0 bridgehead atoms. The summed E-state index contributed by atoms with van der Waals surface area (Å²) in [6, 6.07) is 16.9. The highest BCUT2D eigenvalue weighted by molar-refractivity contribution is 7.22. The number of carbonyl (C=O) groups is 1. The van der Waals surface area contributed by atoms with Crippen molar-refractivity contribution in [1.82, 2.24) is 4.98 Å². The van der Waals surface area contributed by atoms with E-state index >= 15 is 0 Å². The third-order valence-corrected chi connectivity index (χ3v) is 5.70. The fourth-order valence-electron chi connectivity index (χ4n) is 3.00. The van der Waals surface area contributed by atoms with Gasteiger partial charge in [0.05, 0.1) is 30.7 Å². The lowest BCUT2D eigenvalue weighted by molar-refractivity contribution is 0.0987. The predicted octanol–water partition coefficient (Wildman–Crippen LogP) is 5.44. The van der Waals surface area contributed by atoms with E-state index in [9.17, 15) is 9.18 Å². The average Bonchev–Trinajstić information content (AvgIpc) is 3.22. The van der Waals surface area contributed by atoms with Gasteiger partial charge in [-0.15, -0.1) is 0 Å². The number of hydrazone groups is 1. The normalized spacial score (nSPS) is 11.1. The van der Waals surface area contributed by atoms with E-state index in [1.165, 1.54) is 42.7 Å². The molecule has 162 valence electrons. The standard InChI is InChI=1S/C24H20FN3O3S/c1-15-4-6-16(7-5-15)14-26-28(24-27-21-9-8-18(25)12-22(21)32-24)23(29)17-10-19(30-2)13-20(11-17)31-3/h4-14H,1-3H3/b26-14+. The summed E-state index contributed by atoms with van der Waals surface area (Å²) in [5.74, 6) is 0.152. The number of anilines is 1. The van der Waals surface area contributed by atoms with Crippen molar-refractivity contribution in [2.24, 2.45) is 5.10 Å². The Morgan fingerprint density at radius 3 is 2.38 bits per heavy atom. The number of hydrogen-bond acceptors (Lipinski definition) is 6. The first kappa shape index (κ1) is 21.5. The molecule has 0 radical (unpaired) electrons. The van der Waals surface area contributed by atoms with Gasteiger partial charge >= 0.3 is 0 Å². The Morgan fingerprint density at radius 1 is 1.03 bits per heavy atom. The predicted molar refractivity (Wildman–Crippen MR) is 125 cm³/mol. The van der Waals surface area contributed by atoms with Crippen LogP contribution in [0.15, 0.2) is 65.8 Å². The fraction of sp³-hybridized carbons (Fsp3) is 0.125. The maximum Gasteiger partial charge on any atom is 0.281 e. The topological polar surface area (TPSA) is 64.0 Å². The largest absolute Gasteiger partial charge is 0.497 e. The van der Waals surface area contributed by atoms with Crippen LogP contribution < -0.4 is 14.5 Å². The molecule has 0 saturated heterocycles. The van der Waals surface area contributed by atoms with Crippen molar-refractivity contribution in [3.8, 4) is 11.5 Å². The lowest BCUT2D eigenvalue weighted by atomic mass is 10.2. The van der Waals surface area contributed by atoms with Crippen molar-refractivity contribution >= 4 is 38.8 Å². The van der Waals surface area contributed by atoms with Gasteiger partial charge < -0.3 is 9.47 Å². The smallest absolute Gasteiger partial charge is 0.281 e. The minimum Gasteiger partial charge on any atom is -0.497 e. The van der Waals surface area contributed by atoms with Gasteiger partial charge in [-0.3, -0.25) is 4.79 Å². The zero-order chi connectivity index (χ0) is 22.7. The molecule has 32 heavy (non-hydrogen) atoms. The van der Waals surface area contributed by atoms with Crippen molar-refractivity contribution < 1.29 is 18.7 Å². The monoisotopic (exact) mass is 449 g/mol. The SMILES string of the molecule is COc1cc(OC)cc(C(=O)N(/N=C/c2ccc(C)cc2)c2nc3ccc(F)cc3s2)c1. The Bertz CT molecular complexity index is 1280. The van der Waals surface area contributed by atoms with E-state index in [1.807, 2.05) is 31.2 Å². The summed E-state index contributed by atoms with van der Waals surface area (Å²) in [5, 5.41) is 5.96. The number of rotatable bonds is 6. The van der Waals surface area contributed by atoms with Crippen LogP contribution >= 0.6 is 11.3 Å². The van der Waals surface area contributed by atoms with Crippen molar-refractivity contribution in [2.45, 2.75) is 6.92 Å². The van der Waals surface area contributed by atoms with Crippen molar-refractivity contribution in [2.75, 3.05) is 19.2 Å². The van der Waals surface area contributed by atoms with E-state index in [4.69, 9.17) is 9.47 Å². The highest BCUT2D eigenvalue weighted by Crippen LogP contribution is 2.32. The number of fused-ring (bicyclic) bond motifs is 1. The number of halogens is 1. The molecule has 0 saturated carbocycles. The van der Waals surface area contributed by atoms with Crippen LogP contribution in [0.1, 0.15) is 21.5 Å². The molecule has 8 heteroatoms. The van der Waals surface area contributed by atoms with Crippen LogP contribution in [0.3, 0.4) is 0 Å². The van der Waals surface area contributed by atoms with Crippen LogP contribution in [-0.4, -0.2) is 31.3 Å². The molecule has 4 rings (SSSR count). The number of carbonyl (C=O) groups excluding carboxylic acids is 1. The minimum absolute atomic E-state index is 0.313. The molecular formula is C24H20FN3O3S. The molecule has 0 unspecified atom stereocenters. The van der Waals surface area contributed by atoms with Gasteiger partial charge in [-0.2, -0.15) is 10.1 Å². The molecule has 4 aromatic rings. The van der Waals surface area contributed by atoms with Crippen LogP contribution in [0.4, 0.5) is 9.52 Å². The summed E-state index contributed by atoms with van der Waals surface area (Å²) in [4.78, 5) is 18.0. The third-order valence-electron chi connectivity index (χ3n) is 4.71. The first-order valence-corrected chi connectivity index (χ1v) is 10.5. The summed E-state index contributed by atoms with van der Waals surface area (Å²) >= 11 is 1.18. The van der Waals surface area contributed by atoms with Gasteiger partial charge in [-0.25, -0.2) is 9.37 Å². The van der Waals surface area contributed by atoms with Gasteiger partial charge in [0, 0.05) is 11.6 Å². The number of ether oxygens (including phenoxy) is 2. The van der Waals surface area contributed by atoms with Gasteiger partial charge in [-0.1, -0.05) is 41.2 Å². The fourth-order valence-corrected chi connectivity index (χ4v) is 3.94. The maximum atomic E-state index is 13.7. The number of nitrogens with zero attached hydrogens (tertiary/aromatic N) is 3. The Kier molecular flexibility index (Phi) is 6.13. The number of aryl methyl sites for hydroxylation is 1. The van der Waals surface area contributed by atoms with Crippen molar-refractivity contribution in [3.05, 3.63) is 83.2 Å². The van der Waals surface area contributed by atoms with Gasteiger partial charge in [0.2, 0.25) is 5.13 Å². The van der Waals surface area contributed by atoms with Gasteiger partial charge in [0.25, 0.3) is 5.91 Å². The molecule has 0 N–H and O–H groups in total. The zero-order valence-corrected chi connectivity index (χ0v) is 18.5. The molecule has 0 aliphatic carbocycles. The number of thiazole rings is 1. The highest BCUT2D eigenvalue weighted by atomic mass is 32.1. The third kappa shape index (κ3) is 4.60. The quantitative estimate of drug-likeness (QED) is 0.290. The van der Waals surface area contributed by atoms with E-state index in [0.717, 1.165) is 11.1 Å². The minimum atomic E-state index is -0.426. The summed E-state index contributed by atoms with van der Waals surface area (Å²) in [6.07, 6.45) is 1.58. The molecule has 0 aliphatic rings. The molecule has 0 fully saturated rings. The van der Waals surface area contributed by atoms with E-state index < -0.39 is 5.91 Å². The van der Waals surface area contributed by atoms with Crippen LogP contribution in [-0.2, 0) is 0 Å². The second kappa shape index (κ2) is 9.15. The molecule has 1 amide bonds. The maximum absolute atomic E-state index is 13.7. The number of benzene rings is 3. The van der Waals surface area contributed by atoms with Gasteiger partial charge in [0.15, 0.2) is 0 Å². The number of hydrogen-bond donors (Lipinski definition) is 0. The van der Waals surface area contributed by atoms with Crippen LogP contribution in [0.2, 0.25) is 0 Å².